The smallest absolute Gasteiger partial charge is 0.277 e. The summed E-state index contributed by atoms with van der Waals surface area (Å²) in [6, 6.07) is 12.0. The van der Waals surface area contributed by atoms with Crippen LogP contribution in [0, 0.1) is 0 Å². The van der Waals surface area contributed by atoms with Gasteiger partial charge in [-0.05, 0) is 34.5 Å². The maximum atomic E-state index is 12.1. The number of carbonyl (C=O) groups is 2. The van der Waals surface area contributed by atoms with Crippen LogP contribution >= 0.6 is 0 Å². The quantitative estimate of drug-likeness (QED) is 0.757. The number of hydrogen-bond donors (Lipinski definition) is 2. The van der Waals surface area contributed by atoms with Gasteiger partial charge in [0.05, 0.1) is 7.11 Å². The topological polar surface area (TPSA) is 75.2 Å². The highest BCUT2D eigenvalue weighted by molar-refractivity contribution is 5.84. The molecule has 0 bridgehead atoms. The summed E-state index contributed by atoms with van der Waals surface area (Å²) in [5, 5.41) is 6.44. The average molecular weight is 330 g/mol. The average Bonchev–Trinajstić information content (AvgIpc) is 2.60. The van der Waals surface area contributed by atoms with E-state index in [1.807, 2.05) is 30.3 Å². The summed E-state index contributed by atoms with van der Waals surface area (Å²) < 4.78 is 5.23. The van der Waals surface area contributed by atoms with Crippen LogP contribution in [-0.4, -0.2) is 51.0 Å². The molecule has 6 heteroatoms. The number of fused-ring (bicyclic) bond motifs is 1. The van der Waals surface area contributed by atoms with Crippen LogP contribution in [0.5, 0.6) is 5.75 Å². The largest absolute Gasteiger partial charge is 0.497 e. The van der Waals surface area contributed by atoms with Crippen LogP contribution in [0.25, 0.3) is 10.8 Å². The molecule has 24 heavy (non-hydrogen) atoms. The van der Waals surface area contributed by atoms with Crippen LogP contribution in [0.4, 0.5) is 0 Å². The number of amides is 2. The summed E-state index contributed by atoms with van der Waals surface area (Å²) in [4.78, 5) is 24.9. The molecular formula is C18H24N3O3+. The van der Waals surface area contributed by atoms with Crippen molar-refractivity contribution in [3.05, 3.63) is 42.0 Å². The van der Waals surface area contributed by atoms with Crippen LogP contribution in [-0.2, 0) is 16.1 Å². The van der Waals surface area contributed by atoms with E-state index in [0.29, 0.717) is 6.54 Å². The van der Waals surface area contributed by atoms with Gasteiger partial charge in [-0.1, -0.05) is 18.2 Å². The lowest BCUT2D eigenvalue weighted by Crippen LogP contribution is -2.88. The fraction of sp³-hybridized carbons (Fsp3) is 0.333. The molecule has 2 rings (SSSR count). The standard InChI is InChI=1S/C18H23N3O3/c1-19-17(22)10-20-11-18(23)21(2)12-13-4-5-15-9-16(24-3)7-6-14(15)8-13/h4-9,20H,10-12H2,1-3H3,(H,19,22)/p+1. The van der Waals surface area contributed by atoms with Crippen molar-refractivity contribution < 1.29 is 19.6 Å². The number of rotatable bonds is 7. The third-order valence-electron chi connectivity index (χ3n) is 3.88. The van der Waals surface area contributed by atoms with Crippen molar-refractivity contribution in [2.45, 2.75) is 6.54 Å². The van der Waals surface area contributed by atoms with Crippen molar-refractivity contribution in [3.8, 4) is 5.75 Å². The third kappa shape index (κ3) is 4.70. The molecule has 0 fully saturated rings. The van der Waals surface area contributed by atoms with Crippen molar-refractivity contribution in [1.82, 2.24) is 10.2 Å². The van der Waals surface area contributed by atoms with Gasteiger partial charge in [0.15, 0.2) is 13.1 Å². The molecule has 0 saturated heterocycles. The zero-order chi connectivity index (χ0) is 17.5. The second-order valence-electron chi connectivity index (χ2n) is 5.67. The molecule has 0 atom stereocenters. The van der Waals surface area contributed by atoms with Crippen molar-refractivity contribution >= 4 is 22.6 Å². The summed E-state index contributed by atoms with van der Waals surface area (Å²) in [5.41, 5.74) is 1.06. The van der Waals surface area contributed by atoms with Gasteiger partial charge in [0.1, 0.15) is 5.75 Å². The summed E-state index contributed by atoms with van der Waals surface area (Å²) in [5.74, 6) is 0.735. The molecule has 6 nitrogen and oxygen atoms in total. The fourth-order valence-corrected chi connectivity index (χ4v) is 2.45. The highest BCUT2D eigenvalue weighted by atomic mass is 16.5. The first-order valence-electron chi connectivity index (χ1n) is 7.86. The third-order valence-corrected chi connectivity index (χ3v) is 3.88. The Morgan fingerprint density at radius 1 is 1.12 bits per heavy atom. The van der Waals surface area contributed by atoms with Crippen molar-refractivity contribution in [2.75, 3.05) is 34.3 Å². The monoisotopic (exact) mass is 330 g/mol. The summed E-state index contributed by atoms with van der Waals surface area (Å²) >= 11 is 0. The van der Waals surface area contributed by atoms with E-state index in [0.717, 1.165) is 22.1 Å². The molecule has 2 aromatic rings. The zero-order valence-electron chi connectivity index (χ0n) is 14.3. The van der Waals surface area contributed by atoms with Gasteiger partial charge >= 0.3 is 0 Å². The number of likely N-dealkylation sites (N-methyl/N-ethyl adjacent to an activating group) is 2. The molecule has 0 aliphatic heterocycles. The second-order valence-corrected chi connectivity index (χ2v) is 5.67. The van der Waals surface area contributed by atoms with E-state index >= 15 is 0 Å². The maximum Gasteiger partial charge on any atom is 0.277 e. The van der Waals surface area contributed by atoms with Crippen molar-refractivity contribution in [1.29, 1.82) is 0 Å². The Labute approximate surface area is 141 Å². The summed E-state index contributed by atoms with van der Waals surface area (Å²) in [6.07, 6.45) is 0. The number of benzene rings is 2. The van der Waals surface area contributed by atoms with Gasteiger partial charge < -0.3 is 20.3 Å². The van der Waals surface area contributed by atoms with Crippen molar-refractivity contribution in [2.24, 2.45) is 0 Å². The number of nitrogens with zero attached hydrogens (tertiary/aromatic N) is 1. The fourth-order valence-electron chi connectivity index (χ4n) is 2.45. The van der Waals surface area contributed by atoms with Crippen LogP contribution in [0.1, 0.15) is 5.56 Å². The SMILES string of the molecule is CNC(=O)C[NH2+]CC(=O)N(C)Cc1ccc2cc(OC)ccc2c1. The van der Waals surface area contributed by atoms with E-state index in [2.05, 4.69) is 11.4 Å². The van der Waals surface area contributed by atoms with Gasteiger partial charge in [0.2, 0.25) is 0 Å². The van der Waals surface area contributed by atoms with E-state index in [4.69, 9.17) is 4.74 Å². The Kier molecular flexibility index (Phi) is 6.14. The van der Waals surface area contributed by atoms with Crippen LogP contribution in [0.3, 0.4) is 0 Å². The molecule has 0 aliphatic rings. The lowest BCUT2D eigenvalue weighted by molar-refractivity contribution is -0.633. The van der Waals surface area contributed by atoms with Crippen LogP contribution in [0.2, 0.25) is 0 Å². The minimum atomic E-state index is -0.0876. The summed E-state index contributed by atoms with van der Waals surface area (Å²) in [6.45, 7) is 1.05. The Morgan fingerprint density at radius 3 is 2.54 bits per heavy atom. The molecule has 2 amide bonds. The molecule has 0 radical (unpaired) electrons. The minimum Gasteiger partial charge on any atom is -0.497 e. The van der Waals surface area contributed by atoms with Gasteiger partial charge in [-0.15, -0.1) is 0 Å². The first-order chi connectivity index (χ1) is 11.5. The van der Waals surface area contributed by atoms with E-state index in [-0.39, 0.29) is 24.9 Å². The minimum absolute atomic E-state index is 0.00580. The molecule has 0 heterocycles. The first kappa shape index (κ1) is 17.7. The lowest BCUT2D eigenvalue weighted by atomic mass is 10.1. The van der Waals surface area contributed by atoms with Crippen LogP contribution in [0.15, 0.2) is 36.4 Å². The first-order valence-corrected chi connectivity index (χ1v) is 7.86. The van der Waals surface area contributed by atoms with Gasteiger partial charge in [-0.25, -0.2) is 0 Å². The Morgan fingerprint density at radius 2 is 1.83 bits per heavy atom. The predicted octanol–water partition coefficient (Wildman–Crippen LogP) is 0.116. The number of methoxy groups -OCH3 is 1. The van der Waals surface area contributed by atoms with Crippen molar-refractivity contribution in [3.63, 3.8) is 0 Å². The normalized spacial score (nSPS) is 10.5. The number of carbonyl (C=O) groups excluding carboxylic acids is 2. The molecule has 0 aliphatic carbocycles. The Hall–Kier alpha value is -2.60. The maximum absolute atomic E-state index is 12.1. The Balaban J connectivity index is 1.95. The number of nitrogens with two attached hydrogens (primary N) is 1. The number of quaternary nitrogens is 1. The molecule has 0 unspecified atom stereocenters. The lowest BCUT2D eigenvalue weighted by Gasteiger charge is -2.16. The van der Waals surface area contributed by atoms with E-state index in [9.17, 15) is 9.59 Å². The number of nitrogens with one attached hydrogen (secondary N) is 1. The second kappa shape index (κ2) is 8.31. The summed E-state index contributed by atoms with van der Waals surface area (Å²) in [7, 11) is 5.00. The molecule has 2 aromatic carbocycles. The van der Waals surface area contributed by atoms with Gasteiger partial charge in [0, 0.05) is 20.6 Å². The molecule has 3 N–H and O–H groups in total. The molecular weight excluding hydrogens is 306 g/mol. The Bertz CT molecular complexity index is 731. The number of hydrogen-bond acceptors (Lipinski definition) is 3. The predicted molar refractivity (Wildman–Crippen MR) is 92.7 cm³/mol. The van der Waals surface area contributed by atoms with E-state index < -0.39 is 0 Å². The molecule has 0 aromatic heterocycles. The van der Waals surface area contributed by atoms with E-state index in [1.165, 1.54) is 0 Å². The molecule has 0 saturated carbocycles. The van der Waals surface area contributed by atoms with Gasteiger partial charge in [-0.3, -0.25) is 9.59 Å². The van der Waals surface area contributed by atoms with E-state index in [1.54, 1.807) is 31.4 Å². The molecule has 0 spiro atoms. The number of ether oxygens (including phenoxy) is 1. The molecule has 128 valence electrons. The van der Waals surface area contributed by atoms with Gasteiger partial charge in [0.25, 0.3) is 11.8 Å². The zero-order valence-corrected chi connectivity index (χ0v) is 14.3. The highest BCUT2D eigenvalue weighted by Crippen LogP contribution is 2.22. The highest BCUT2D eigenvalue weighted by Gasteiger charge is 2.12. The van der Waals surface area contributed by atoms with Gasteiger partial charge in [-0.2, -0.15) is 0 Å². The van der Waals surface area contributed by atoms with Crippen LogP contribution < -0.4 is 15.4 Å².